The third-order valence-corrected chi connectivity index (χ3v) is 3.93. The van der Waals surface area contributed by atoms with E-state index in [1.54, 1.807) is 12.1 Å². The van der Waals surface area contributed by atoms with Gasteiger partial charge in [0.25, 0.3) is 0 Å². The molecule has 2 aliphatic rings. The lowest BCUT2D eigenvalue weighted by Crippen LogP contribution is -2.33. The summed E-state index contributed by atoms with van der Waals surface area (Å²) in [6, 6.07) is 5.40. The standard InChI is InChI=1S/C13H11ClO4/c1-17-12(16)13-5-7-2-3-8(14)4-9(7)11(13)18-10(15)6-13/h2-4,11H,5-6H2,1H3. The van der Waals surface area contributed by atoms with Gasteiger partial charge < -0.3 is 9.47 Å². The first-order valence-electron chi connectivity index (χ1n) is 5.63. The summed E-state index contributed by atoms with van der Waals surface area (Å²) in [4.78, 5) is 23.5. The summed E-state index contributed by atoms with van der Waals surface area (Å²) in [5.41, 5.74) is 0.903. The predicted molar refractivity (Wildman–Crippen MR) is 63.1 cm³/mol. The van der Waals surface area contributed by atoms with E-state index in [0.29, 0.717) is 11.4 Å². The Morgan fingerprint density at radius 2 is 2.28 bits per heavy atom. The number of methoxy groups -OCH3 is 1. The highest BCUT2D eigenvalue weighted by atomic mass is 35.5. The van der Waals surface area contributed by atoms with Gasteiger partial charge in [-0.3, -0.25) is 9.59 Å². The van der Waals surface area contributed by atoms with Crippen molar-refractivity contribution in [1.29, 1.82) is 0 Å². The Labute approximate surface area is 109 Å². The predicted octanol–water partition coefficient (Wildman–Crippen LogP) is 2.04. The van der Waals surface area contributed by atoms with Crippen molar-refractivity contribution in [3.05, 3.63) is 34.3 Å². The van der Waals surface area contributed by atoms with Gasteiger partial charge in [-0.1, -0.05) is 17.7 Å². The molecule has 1 aromatic rings. The zero-order valence-corrected chi connectivity index (χ0v) is 10.5. The third-order valence-electron chi connectivity index (χ3n) is 3.70. The van der Waals surface area contributed by atoms with Crippen molar-refractivity contribution in [3.8, 4) is 0 Å². The van der Waals surface area contributed by atoms with Crippen molar-refractivity contribution < 1.29 is 19.1 Å². The molecule has 1 saturated heterocycles. The molecular weight excluding hydrogens is 256 g/mol. The van der Waals surface area contributed by atoms with E-state index in [-0.39, 0.29) is 12.4 Å². The Kier molecular flexibility index (Phi) is 2.38. The Hall–Kier alpha value is -1.55. The molecule has 2 atom stereocenters. The van der Waals surface area contributed by atoms with Crippen molar-refractivity contribution in [1.82, 2.24) is 0 Å². The van der Waals surface area contributed by atoms with E-state index < -0.39 is 17.5 Å². The monoisotopic (exact) mass is 266 g/mol. The van der Waals surface area contributed by atoms with Crippen LogP contribution in [0.4, 0.5) is 0 Å². The van der Waals surface area contributed by atoms with Crippen LogP contribution in [0.3, 0.4) is 0 Å². The van der Waals surface area contributed by atoms with Crippen LogP contribution in [0.25, 0.3) is 0 Å². The molecule has 18 heavy (non-hydrogen) atoms. The average Bonchev–Trinajstić information content (AvgIpc) is 2.81. The van der Waals surface area contributed by atoms with E-state index in [1.807, 2.05) is 6.07 Å². The summed E-state index contributed by atoms with van der Waals surface area (Å²) >= 11 is 5.95. The van der Waals surface area contributed by atoms with Gasteiger partial charge in [0.15, 0.2) is 0 Å². The second kappa shape index (κ2) is 3.72. The number of ether oxygens (including phenoxy) is 2. The number of benzene rings is 1. The van der Waals surface area contributed by atoms with Crippen LogP contribution in [0.5, 0.6) is 0 Å². The van der Waals surface area contributed by atoms with Crippen molar-refractivity contribution in [3.63, 3.8) is 0 Å². The molecule has 1 aliphatic heterocycles. The number of carbonyl (C=O) groups is 2. The van der Waals surface area contributed by atoms with Crippen molar-refractivity contribution in [2.75, 3.05) is 7.11 Å². The lowest BCUT2D eigenvalue weighted by molar-refractivity contribution is -0.155. The summed E-state index contributed by atoms with van der Waals surface area (Å²) in [7, 11) is 1.33. The summed E-state index contributed by atoms with van der Waals surface area (Å²) in [5, 5.41) is 0.567. The van der Waals surface area contributed by atoms with Gasteiger partial charge in [0.2, 0.25) is 0 Å². The summed E-state index contributed by atoms with van der Waals surface area (Å²) in [6.45, 7) is 0. The molecule has 4 nitrogen and oxygen atoms in total. The van der Waals surface area contributed by atoms with Crippen molar-refractivity contribution in [2.24, 2.45) is 5.41 Å². The van der Waals surface area contributed by atoms with E-state index in [1.165, 1.54) is 7.11 Å². The molecule has 0 radical (unpaired) electrons. The highest BCUT2D eigenvalue weighted by molar-refractivity contribution is 6.30. The van der Waals surface area contributed by atoms with Gasteiger partial charge in [-0.2, -0.15) is 0 Å². The molecule has 3 rings (SSSR count). The Balaban J connectivity index is 2.12. The van der Waals surface area contributed by atoms with Gasteiger partial charge in [0.05, 0.1) is 13.5 Å². The van der Waals surface area contributed by atoms with Crippen LogP contribution in [0.1, 0.15) is 23.7 Å². The van der Waals surface area contributed by atoms with Crippen LogP contribution in [0.15, 0.2) is 18.2 Å². The molecule has 0 aromatic heterocycles. The van der Waals surface area contributed by atoms with E-state index in [2.05, 4.69) is 0 Å². The number of esters is 2. The molecule has 5 heteroatoms. The molecule has 1 aromatic carbocycles. The normalized spacial score (nSPS) is 28.6. The van der Waals surface area contributed by atoms with Crippen LogP contribution in [-0.2, 0) is 25.5 Å². The van der Waals surface area contributed by atoms with E-state index >= 15 is 0 Å². The fourth-order valence-electron chi connectivity index (χ4n) is 2.92. The molecular formula is C13H11ClO4. The van der Waals surface area contributed by atoms with Crippen LogP contribution in [-0.4, -0.2) is 19.0 Å². The summed E-state index contributed by atoms with van der Waals surface area (Å²) in [6.07, 6.45) is -0.0367. The minimum atomic E-state index is -0.904. The zero-order valence-electron chi connectivity index (χ0n) is 9.73. The van der Waals surface area contributed by atoms with Gasteiger partial charge >= 0.3 is 11.9 Å². The molecule has 0 saturated carbocycles. The lowest BCUT2D eigenvalue weighted by atomic mass is 9.81. The second-order valence-electron chi connectivity index (χ2n) is 4.71. The molecule has 0 spiro atoms. The SMILES string of the molecule is COC(=O)C12CC(=O)OC1c1cc(Cl)ccc1C2. The Bertz CT molecular complexity index is 554. The fraction of sp³-hybridized carbons (Fsp3) is 0.385. The van der Waals surface area contributed by atoms with Crippen LogP contribution in [0, 0.1) is 5.41 Å². The maximum Gasteiger partial charge on any atom is 0.316 e. The first-order chi connectivity index (χ1) is 8.56. The van der Waals surface area contributed by atoms with Crippen molar-refractivity contribution in [2.45, 2.75) is 18.9 Å². The highest BCUT2D eigenvalue weighted by Crippen LogP contribution is 2.55. The first-order valence-corrected chi connectivity index (χ1v) is 6.01. The van der Waals surface area contributed by atoms with E-state index in [9.17, 15) is 9.59 Å². The third kappa shape index (κ3) is 1.38. The molecule has 1 heterocycles. The van der Waals surface area contributed by atoms with Gasteiger partial charge in [0, 0.05) is 5.02 Å². The maximum atomic E-state index is 12.0. The molecule has 0 N–H and O–H groups in total. The zero-order chi connectivity index (χ0) is 12.9. The Morgan fingerprint density at radius 3 is 3.00 bits per heavy atom. The lowest BCUT2D eigenvalue weighted by Gasteiger charge is -2.22. The van der Waals surface area contributed by atoms with Gasteiger partial charge in [-0.25, -0.2) is 0 Å². The number of halogens is 1. The number of rotatable bonds is 1. The largest absolute Gasteiger partial charge is 0.468 e. The van der Waals surface area contributed by atoms with Gasteiger partial charge in [-0.05, 0) is 29.7 Å². The molecule has 2 unspecified atom stereocenters. The minimum absolute atomic E-state index is 0.0661. The molecule has 1 fully saturated rings. The fourth-order valence-corrected chi connectivity index (χ4v) is 3.10. The minimum Gasteiger partial charge on any atom is -0.468 e. The van der Waals surface area contributed by atoms with E-state index in [0.717, 1.165) is 11.1 Å². The summed E-state index contributed by atoms with van der Waals surface area (Å²) < 4.78 is 10.1. The molecule has 0 amide bonds. The van der Waals surface area contributed by atoms with Crippen LogP contribution < -0.4 is 0 Å². The second-order valence-corrected chi connectivity index (χ2v) is 5.15. The highest BCUT2D eigenvalue weighted by Gasteiger charge is 2.60. The number of hydrogen-bond acceptors (Lipinski definition) is 4. The quantitative estimate of drug-likeness (QED) is 0.730. The van der Waals surface area contributed by atoms with Gasteiger partial charge in [-0.15, -0.1) is 0 Å². The smallest absolute Gasteiger partial charge is 0.316 e. The molecule has 94 valence electrons. The van der Waals surface area contributed by atoms with Crippen molar-refractivity contribution >= 4 is 23.5 Å². The molecule has 1 aliphatic carbocycles. The van der Waals surface area contributed by atoms with Gasteiger partial charge in [0.1, 0.15) is 11.5 Å². The van der Waals surface area contributed by atoms with E-state index in [4.69, 9.17) is 21.1 Å². The van der Waals surface area contributed by atoms with Crippen LogP contribution in [0.2, 0.25) is 5.02 Å². The summed E-state index contributed by atoms with van der Waals surface area (Å²) in [5.74, 6) is -0.762. The Morgan fingerprint density at radius 1 is 1.50 bits per heavy atom. The van der Waals surface area contributed by atoms with Crippen LogP contribution >= 0.6 is 11.6 Å². The number of carbonyl (C=O) groups excluding carboxylic acids is 2. The average molecular weight is 267 g/mol. The molecule has 0 bridgehead atoms. The topological polar surface area (TPSA) is 52.6 Å². The number of hydrogen-bond donors (Lipinski definition) is 0. The maximum absolute atomic E-state index is 12.0. The number of fused-ring (bicyclic) bond motifs is 3. The first kappa shape index (κ1) is 11.5.